The van der Waals surface area contributed by atoms with Crippen LogP contribution >= 0.6 is 15.9 Å². The number of alkyl halides is 2. The minimum Gasteiger partial charge on any atom is -0.274 e. The standard InChI is InChI=1S/C3H6BrF.H4N2/c4-2-1-3-5;1-2/h1-3H2;1-2H2. The molecule has 0 bridgehead atoms. The first-order valence-corrected chi connectivity index (χ1v) is 2.99. The molecule has 0 rings (SSSR count). The minimum atomic E-state index is -0.203. The summed E-state index contributed by atoms with van der Waals surface area (Å²) in [7, 11) is 0. The maximum absolute atomic E-state index is 11.0. The molecule has 0 amide bonds. The monoisotopic (exact) mass is 172 g/mol. The van der Waals surface area contributed by atoms with Crippen molar-refractivity contribution in [1.29, 1.82) is 0 Å². The fourth-order valence-electron chi connectivity index (χ4n) is 0.0505. The van der Waals surface area contributed by atoms with Crippen LogP contribution in [0.2, 0.25) is 0 Å². The maximum Gasteiger partial charge on any atom is 0.0902 e. The molecule has 0 aromatic rings. The average molecular weight is 173 g/mol. The van der Waals surface area contributed by atoms with Gasteiger partial charge >= 0.3 is 0 Å². The molecule has 0 fully saturated rings. The van der Waals surface area contributed by atoms with Gasteiger partial charge in [0.05, 0.1) is 6.67 Å². The zero-order chi connectivity index (χ0) is 6.12. The first-order chi connectivity index (χ1) is 3.41. The topological polar surface area (TPSA) is 52.0 Å². The van der Waals surface area contributed by atoms with Crippen LogP contribution in [0.3, 0.4) is 0 Å². The molecule has 7 heavy (non-hydrogen) atoms. The lowest BCUT2D eigenvalue weighted by Crippen LogP contribution is -2.02. The van der Waals surface area contributed by atoms with Crippen LogP contribution in [0.4, 0.5) is 4.39 Å². The molecule has 0 aromatic heterocycles. The summed E-state index contributed by atoms with van der Waals surface area (Å²) in [6, 6.07) is 0. The van der Waals surface area contributed by atoms with Crippen molar-refractivity contribution in [2.45, 2.75) is 6.42 Å². The van der Waals surface area contributed by atoms with Crippen LogP contribution in [0.25, 0.3) is 0 Å². The summed E-state index contributed by atoms with van der Waals surface area (Å²) in [5, 5.41) is 0.781. The van der Waals surface area contributed by atoms with Gasteiger partial charge < -0.3 is 0 Å². The third-order valence-corrected chi connectivity index (χ3v) is 0.828. The van der Waals surface area contributed by atoms with Crippen LogP contribution in [-0.4, -0.2) is 12.0 Å². The van der Waals surface area contributed by atoms with Gasteiger partial charge in [-0.25, -0.2) is 0 Å². The summed E-state index contributed by atoms with van der Waals surface area (Å²) in [6.45, 7) is -0.203. The van der Waals surface area contributed by atoms with E-state index in [0.717, 1.165) is 5.33 Å². The van der Waals surface area contributed by atoms with Gasteiger partial charge in [-0.2, -0.15) is 0 Å². The average Bonchev–Trinajstić information content (AvgIpc) is 1.75. The first-order valence-electron chi connectivity index (χ1n) is 1.87. The highest BCUT2D eigenvalue weighted by atomic mass is 79.9. The smallest absolute Gasteiger partial charge is 0.0902 e. The SMILES string of the molecule is FCCCBr.NN. The third kappa shape index (κ3) is 21.9. The van der Waals surface area contributed by atoms with E-state index in [1.165, 1.54) is 0 Å². The molecule has 46 valence electrons. The zero-order valence-electron chi connectivity index (χ0n) is 4.03. The molecule has 0 saturated heterocycles. The Labute approximate surface area is 51.2 Å². The van der Waals surface area contributed by atoms with Crippen LogP contribution in [0.1, 0.15) is 6.42 Å². The number of rotatable bonds is 2. The van der Waals surface area contributed by atoms with Crippen LogP contribution in [0, 0.1) is 0 Å². The second kappa shape index (κ2) is 16.2. The molecule has 0 aliphatic carbocycles. The van der Waals surface area contributed by atoms with E-state index < -0.39 is 0 Å². The Balaban J connectivity index is 0. The lowest BCUT2D eigenvalue weighted by atomic mass is 10.6. The van der Waals surface area contributed by atoms with Crippen molar-refractivity contribution in [2.75, 3.05) is 12.0 Å². The van der Waals surface area contributed by atoms with Crippen molar-refractivity contribution in [2.24, 2.45) is 11.7 Å². The molecule has 0 radical (unpaired) electrons. The Morgan fingerprint density at radius 1 is 1.43 bits per heavy atom. The van der Waals surface area contributed by atoms with Gasteiger partial charge in [-0.05, 0) is 6.42 Å². The van der Waals surface area contributed by atoms with Crippen molar-refractivity contribution in [3.63, 3.8) is 0 Å². The fraction of sp³-hybridized carbons (Fsp3) is 1.00. The molecular formula is C3H10BrFN2. The maximum atomic E-state index is 11.0. The van der Waals surface area contributed by atoms with E-state index in [2.05, 4.69) is 27.6 Å². The molecule has 0 aromatic carbocycles. The summed E-state index contributed by atoms with van der Waals surface area (Å²) in [5.74, 6) is 8.00. The van der Waals surface area contributed by atoms with Gasteiger partial charge in [0, 0.05) is 5.33 Å². The Kier molecular flexibility index (Phi) is 24.0. The summed E-state index contributed by atoms with van der Waals surface area (Å²) in [6.07, 6.45) is 0.639. The molecule has 0 atom stereocenters. The molecule has 2 nitrogen and oxygen atoms in total. The van der Waals surface area contributed by atoms with Gasteiger partial charge in [-0.3, -0.25) is 16.1 Å². The highest BCUT2D eigenvalue weighted by molar-refractivity contribution is 9.09. The summed E-state index contributed by atoms with van der Waals surface area (Å²) >= 11 is 3.07. The van der Waals surface area contributed by atoms with Crippen LogP contribution in [0.15, 0.2) is 0 Å². The van der Waals surface area contributed by atoms with Crippen molar-refractivity contribution in [3.05, 3.63) is 0 Å². The molecule has 0 unspecified atom stereocenters. The Morgan fingerprint density at radius 2 is 1.86 bits per heavy atom. The predicted octanol–water partition coefficient (Wildman–Crippen LogP) is 0.560. The molecule has 0 aliphatic rings. The summed E-state index contributed by atoms with van der Waals surface area (Å²) in [5.41, 5.74) is 0. The van der Waals surface area contributed by atoms with E-state index in [0.29, 0.717) is 6.42 Å². The fourth-order valence-corrected chi connectivity index (χ4v) is 0.262. The molecular weight excluding hydrogens is 163 g/mol. The Bertz CT molecular complexity index is 20.4. The number of halogens is 2. The molecule has 4 heteroatoms. The van der Waals surface area contributed by atoms with E-state index >= 15 is 0 Å². The normalized spacial score (nSPS) is 6.86. The summed E-state index contributed by atoms with van der Waals surface area (Å²) < 4.78 is 11.0. The van der Waals surface area contributed by atoms with Crippen molar-refractivity contribution in [1.82, 2.24) is 0 Å². The molecule has 4 N–H and O–H groups in total. The van der Waals surface area contributed by atoms with Crippen molar-refractivity contribution in [3.8, 4) is 0 Å². The van der Waals surface area contributed by atoms with Gasteiger partial charge in [-0.1, -0.05) is 15.9 Å². The van der Waals surface area contributed by atoms with Gasteiger partial charge in [0.25, 0.3) is 0 Å². The highest BCUT2D eigenvalue weighted by Crippen LogP contribution is 1.85. The number of hydrazine groups is 1. The lowest BCUT2D eigenvalue weighted by molar-refractivity contribution is 0.490. The zero-order valence-corrected chi connectivity index (χ0v) is 5.62. The molecule has 0 saturated carbocycles. The van der Waals surface area contributed by atoms with E-state index in [1.54, 1.807) is 0 Å². The third-order valence-electron chi connectivity index (χ3n) is 0.267. The van der Waals surface area contributed by atoms with Gasteiger partial charge in [0.2, 0.25) is 0 Å². The number of hydrogen-bond donors (Lipinski definition) is 2. The van der Waals surface area contributed by atoms with E-state index in [1.807, 2.05) is 0 Å². The Morgan fingerprint density at radius 3 is 1.86 bits per heavy atom. The van der Waals surface area contributed by atoms with Crippen molar-refractivity contribution < 1.29 is 4.39 Å². The van der Waals surface area contributed by atoms with E-state index in [4.69, 9.17) is 0 Å². The molecule has 0 aliphatic heterocycles. The van der Waals surface area contributed by atoms with Gasteiger partial charge in [-0.15, -0.1) is 0 Å². The van der Waals surface area contributed by atoms with Crippen molar-refractivity contribution >= 4 is 15.9 Å². The summed E-state index contributed by atoms with van der Waals surface area (Å²) in [4.78, 5) is 0. The number of nitrogens with two attached hydrogens (primary N) is 2. The van der Waals surface area contributed by atoms with Gasteiger partial charge in [0.1, 0.15) is 0 Å². The second-order valence-corrected chi connectivity index (χ2v) is 1.52. The minimum absolute atomic E-state index is 0.203. The first kappa shape index (κ1) is 10.3. The number of hydrogen-bond acceptors (Lipinski definition) is 2. The highest BCUT2D eigenvalue weighted by Gasteiger charge is 1.73. The molecule has 0 heterocycles. The predicted molar refractivity (Wildman–Crippen MR) is 32.8 cm³/mol. The quantitative estimate of drug-likeness (QED) is 0.364. The lowest BCUT2D eigenvalue weighted by Gasteiger charge is -1.74. The van der Waals surface area contributed by atoms with E-state index in [-0.39, 0.29) is 6.67 Å². The second-order valence-electron chi connectivity index (χ2n) is 0.732. The van der Waals surface area contributed by atoms with Crippen LogP contribution in [-0.2, 0) is 0 Å². The van der Waals surface area contributed by atoms with Crippen LogP contribution < -0.4 is 11.7 Å². The van der Waals surface area contributed by atoms with Gasteiger partial charge in [0.15, 0.2) is 0 Å². The Hall–Kier alpha value is 0.330. The molecule has 0 spiro atoms. The largest absolute Gasteiger partial charge is 0.274 e. The van der Waals surface area contributed by atoms with Crippen LogP contribution in [0.5, 0.6) is 0 Å². The van der Waals surface area contributed by atoms with E-state index in [9.17, 15) is 4.39 Å².